The molecule has 0 aromatic carbocycles. The number of hydrogen-bond acceptors (Lipinski definition) is 3. The number of nitrogens with one attached hydrogen (secondary N) is 1. The third kappa shape index (κ3) is 1.91. The van der Waals surface area contributed by atoms with Gasteiger partial charge in [-0.05, 0) is 0 Å². The van der Waals surface area contributed by atoms with Gasteiger partial charge in [-0.1, -0.05) is 0 Å². The molecule has 0 atom stereocenters. The molecule has 1 aliphatic heterocycles. The van der Waals surface area contributed by atoms with E-state index in [1.165, 1.54) is 12.1 Å². The summed E-state index contributed by atoms with van der Waals surface area (Å²) in [5, 5.41) is 1.27. The summed E-state index contributed by atoms with van der Waals surface area (Å²) in [5.41, 5.74) is 2.40. The first-order valence-corrected chi connectivity index (χ1v) is 3.33. The first-order chi connectivity index (χ1) is 5.24. The zero-order valence-electron chi connectivity index (χ0n) is 6.29. The Morgan fingerprint density at radius 1 is 1.82 bits per heavy atom. The maximum atomic E-state index is 11.0. The van der Waals surface area contributed by atoms with E-state index < -0.39 is 0 Å². The van der Waals surface area contributed by atoms with E-state index >= 15 is 0 Å². The number of rotatable bonds is 2. The van der Waals surface area contributed by atoms with Gasteiger partial charge in [-0.3, -0.25) is 20.0 Å². The van der Waals surface area contributed by atoms with E-state index in [-0.39, 0.29) is 18.4 Å². The lowest BCUT2D eigenvalue weighted by Crippen LogP contribution is -2.40. The second-order valence-electron chi connectivity index (χ2n) is 2.26. The van der Waals surface area contributed by atoms with Gasteiger partial charge < -0.3 is 4.74 Å². The lowest BCUT2D eigenvalue weighted by atomic mass is 10.4. The van der Waals surface area contributed by atoms with Crippen LogP contribution in [-0.2, 0) is 14.3 Å². The van der Waals surface area contributed by atoms with E-state index in [2.05, 4.69) is 10.2 Å². The highest BCUT2D eigenvalue weighted by atomic mass is 16.5. The van der Waals surface area contributed by atoms with Crippen LogP contribution in [0.1, 0.15) is 6.42 Å². The molecule has 1 saturated heterocycles. The predicted octanol–water partition coefficient (Wildman–Crippen LogP) is -1.10. The molecular weight excluding hydrogens is 148 g/mol. The molecule has 0 aromatic heterocycles. The number of amides is 2. The third-order valence-corrected chi connectivity index (χ3v) is 1.39. The number of methoxy groups -OCH3 is 1. The van der Waals surface area contributed by atoms with Crippen molar-refractivity contribution in [2.75, 3.05) is 20.3 Å². The molecule has 0 aromatic rings. The molecule has 1 N–H and O–H groups in total. The van der Waals surface area contributed by atoms with E-state index in [0.29, 0.717) is 13.0 Å². The highest BCUT2D eigenvalue weighted by Gasteiger charge is 2.22. The Kier molecular flexibility index (Phi) is 2.43. The first-order valence-electron chi connectivity index (χ1n) is 3.33. The van der Waals surface area contributed by atoms with Gasteiger partial charge in [-0.2, -0.15) is 0 Å². The molecule has 5 nitrogen and oxygen atoms in total. The van der Waals surface area contributed by atoms with Crippen molar-refractivity contribution in [1.29, 1.82) is 0 Å². The van der Waals surface area contributed by atoms with Gasteiger partial charge in [0.1, 0.15) is 6.61 Å². The SMILES string of the molecule is COCC(=O)N1CCC(=O)N1. The second kappa shape index (κ2) is 3.34. The Balaban J connectivity index is 2.37. The lowest BCUT2D eigenvalue weighted by Gasteiger charge is -2.13. The van der Waals surface area contributed by atoms with Gasteiger partial charge in [-0.15, -0.1) is 0 Å². The summed E-state index contributed by atoms with van der Waals surface area (Å²) >= 11 is 0. The molecule has 1 aliphatic rings. The average molecular weight is 158 g/mol. The van der Waals surface area contributed by atoms with Crippen molar-refractivity contribution in [2.24, 2.45) is 0 Å². The minimum absolute atomic E-state index is 0.0142. The summed E-state index contributed by atoms with van der Waals surface area (Å²) in [4.78, 5) is 21.6. The van der Waals surface area contributed by atoms with E-state index in [4.69, 9.17) is 0 Å². The summed E-state index contributed by atoms with van der Waals surface area (Å²) in [7, 11) is 1.44. The Bertz CT molecular complexity index is 181. The maximum absolute atomic E-state index is 11.0. The van der Waals surface area contributed by atoms with Crippen LogP contribution in [0.3, 0.4) is 0 Å². The van der Waals surface area contributed by atoms with E-state index in [0.717, 1.165) is 0 Å². The molecule has 0 spiro atoms. The molecular formula is C6H10N2O3. The molecule has 5 heteroatoms. The standard InChI is InChI=1S/C6H10N2O3/c1-11-4-6(10)8-3-2-5(9)7-8/h2-4H2,1H3,(H,7,9). The average Bonchev–Trinajstić information content (AvgIpc) is 2.36. The number of hydrazine groups is 1. The van der Waals surface area contributed by atoms with Gasteiger partial charge in [0.15, 0.2) is 0 Å². The van der Waals surface area contributed by atoms with E-state index in [9.17, 15) is 9.59 Å². The van der Waals surface area contributed by atoms with Crippen molar-refractivity contribution in [3.63, 3.8) is 0 Å². The van der Waals surface area contributed by atoms with Gasteiger partial charge in [0.25, 0.3) is 5.91 Å². The third-order valence-electron chi connectivity index (χ3n) is 1.39. The highest BCUT2D eigenvalue weighted by Crippen LogP contribution is 1.97. The van der Waals surface area contributed by atoms with Gasteiger partial charge in [0.2, 0.25) is 5.91 Å². The summed E-state index contributed by atoms with van der Waals surface area (Å²) in [5.74, 6) is -0.326. The summed E-state index contributed by atoms with van der Waals surface area (Å²) in [6.45, 7) is 0.460. The van der Waals surface area contributed by atoms with Crippen LogP contribution in [0, 0.1) is 0 Å². The molecule has 0 saturated carbocycles. The van der Waals surface area contributed by atoms with Crippen molar-refractivity contribution in [3.05, 3.63) is 0 Å². The number of hydrogen-bond donors (Lipinski definition) is 1. The zero-order chi connectivity index (χ0) is 8.27. The molecule has 1 heterocycles. The van der Waals surface area contributed by atoms with Crippen LogP contribution in [0.2, 0.25) is 0 Å². The highest BCUT2D eigenvalue weighted by molar-refractivity contribution is 5.85. The molecule has 2 amide bonds. The predicted molar refractivity (Wildman–Crippen MR) is 36.3 cm³/mol. The van der Waals surface area contributed by atoms with Crippen LogP contribution >= 0.6 is 0 Å². The number of ether oxygens (including phenoxy) is 1. The molecule has 11 heavy (non-hydrogen) atoms. The van der Waals surface area contributed by atoms with Crippen LogP contribution in [0.15, 0.2) is 0 Å². The fraction of sp³-hybridized carbons (Fsp3) is 0.667. The number of carbonyl (C=O) groups excluding carboxylic acids is 2. The maximum Gasteiger partial charge on any atom is 0.266 e. The summed E-state index contributed by atoms with van der Waals surface area (Å²) in [6, 6.07) is 0. The first kappa shape index (κ1) is 8.00. The van der Waals surface area contributed by atoms with Crippen LogP contribution in [0.25, 0.3) is 0 Å². The van der Waals surface area contributed by atoms with E-state index in [1.54, 1.807) is 0 Å². The fourth-order valence-corrected chi connectivity index (χ4v) is 0.864. The van der Waals surface area contributed by atoms with Gasteiger partial charge >= 0.3 is 0 Å². The van der Waals surface area contributed by atoms with Crippen molar-refractivity contribution in [3.8, 4) is 0 Å². The van der Waals surface area contributed by atoms with Gasteiger partial charge in [-0.25, -0.2) is 0 Å². The van der Waals surface area contributed by atoms with Crippen LogP contribution in [0.5, 0.6) is 0 Å². The molecule has 0 bridgehead atoms. The minimum atomic E-state index is -0.210. The second-order valence-corrected chi connectivity index (χ2v) is 2.26. The fourth-order valence-electron chi connectivity index (χ4n) is 0.864. The van der Waals surface area contributed by atoms with Crippen molar-refractivity contribution in [2.45, 2.75) is 6.42 Å². The van der Waals surface area contributed by atoms with Crippen LogP contribution < -0.4 is 5.43 Å². The van der Waals surface area contributed by atoms with Crippen LogP contribution in [-0.4, -0.2) is 37.1 Å². The normalized spacial score (nSPS) is 16.8. The van der Waals surface area contributed by atoms with Gasteiger partial charge in [0, 0.05) is 13.5 Å². The quantitative estimate of drug-likeness (QED) is 0.554. The molecule has 62 valence electrons. The lowest BCUT2D eigenvalue weighted by molar-refractivity contribution is -0.139. The summed E-state index contributed by atoms with van der Waals surface area (Å²) < 4.78 is 4.61. The Morgan fingerprint density at radius 3 is 3.00 bits per heavy atom. The van der Waals surface area contributed by atoms with E-state index in [1.807, 2.05) is 0 Å². The number of nitrogens with zero attached hydrogens (tertiary/aromatic N) is 1. The molecule has 0 radical (unpaired) electrons. The Morgan fingerprint density at radius 2 is 2.55 bits per heavy atom. The van der Waals surface area contributed by atoms with Crippen molar-refractivity contribution in [1.82, 2.24) is 10.4 Å². The number of carbonyl (C=O) groups is 2. The largest absolute Gasteiger partial charge is 0.375 e. The zero-order valence-corrected chi connectivity index (χ0v) is 6.29. The molecule has 0 aliphatic carbocycles. The molecule has 1 rings (SSSR count). The molecule has 0 unspecified atom stereocenters. The minimum Gasteiger partial charge on any atom is -0.375 e. The Hall–Kier alpha value is -1.10. The smallest absolute Gasteiger partial charge is 0.266 e. The topological polar surface area (TPSA) is 58.6 Å². The van der Waals surface area contributed by atoms with Gasteiger partial charge in [0.05, 0.1) is 6.54 Å². The van der Waals surface area contributed by atoms with Crippen molar-refractivity contribution < 1.29 is 14.3 Å². The Labute approximate surface area is 64.3 Å². The van der Waals surface area contributed by atoms with Crippen LogP contribution in [0.4, 0.5) is 0 Å². The molecule has 1 fully saturated rings. The summed E-state index contributed by atoms with van der Waals surface area (Å²) in [6.07, 6.45) is 0.384. The monoisotopic (exact) mass is 158 g/mol. The van der Waals surface area contributed by atoms with Crippen molar-refractivity contribution >= 4 is 11.8 Å².